The molecule has 1 aromatic heterocycles. The van der Waals surface area contributed by atoms with E-state index in [0.717, 1.165) is 50.0 Å². The smallest absolute Gasteiger partial charge is 0.373 e. The number of hydrogen-bond donors (Lipinski definition) is 3. The van der Waals surface area contributed by atoms with Crippen LogP contribution in [0.15, 0.2) is 24.3 Å². The van der Waals surface area contributed by atoms with Gasteiger partial charge >= 0.3 is 6.18 Å². The van der Waals surface area contributed by atoms with Crippen LogP contribution in [-0.2, 0) is 24.8 Å². The molecular formula is C33H38Cl2F3N5O3. The summed E-state index contributed by atoms with van der Waals surface area (Å²) in [5, 5.41) is 15.6. The summed E-state index contributed by atoms with van der Waals surface area (Å²) in [5.41, 5.74) is 0.273. The summed E-state index contributed by atoms with van der Waals surface area (Å²) >= 11 is 13.2. The molecule has 2 heterocycles. The van der Waals surface area contributed by atoms with E-state index in [1.165, 1.54) is 12.5 Å². The maximum Gasteiger partial charge on any atom is 0.426 e. The molecule has 46 heavy (non-hydrogen) atoms. The second-order valence-corrected chi connectivity index (χ2v) is 14.2. The highest BCUT2D eigenvalue weighted by Gasteiger charge is 2.55. The molecule has 1 saturated heterocycles. The van der Waals surface area contributed by atoms with Gasteiger partial charge in [0, 0.05) is 44.2 Å². The summed E-state index contributed by atoms with van der Waals surface area (Å²) in [6, 6.07) is 7.12. The van der Waals surface area contributed by atoms with Gasteiger partial charge in [0.1, 0.15) is 5.82 Å². The molecule has 2 aliphatic carbocycles. The Morgan fingerprint density at radius 3 is 2.41 bits per heavy atom. The predicted octanol–water partition coefficient (Wildman–Crippen LogP) is 6.17. The highest BCUT2D eigenvalue weighted by atomic mass is 35.5. The van der Waals surface area contributed by atoms with Crippen molar-refractivity contribution in [1.82, 2.24) is 20.2 Å². The van der Waals surface area contributed by atoms with Gasteiger partial charge < -0.3 is 25.2 Å². The summed E-state index contributed by atoms with van der Waals surface area (Å²) in [5.74, 6) is 0.968. The molecule has 0 radical (unpaired) electrons. The molecule has 2 amide bonds. The largest absolute Gasteiger partial charge is 0.426 e. The zero-order valence-electron chi connectivity index (χ0n) is 26.0. The van der Waals surface area contributed by atoms with Crippen molar-refractivity contribution in [2.45, 2.75) is 76.7 Å². The summed E-state index contributed by atoms with van der Waals surface area (Å²) in [4.78, 5) is 33.0. The van der Waals surface area contributed by atoms with Crippen molar-refractivity contribution in [3.63, 3.8) is 0 Å². The zero-order chi connectivity index (χ0) is 33.1. The minimum Gasteiger partial charge on any atom is -0.373 e. The fourth-order valence-electron chi connectivity index (χ4n) is 6.72. The van der Waals surface area contributed by atoms with Crippen molar-refractivity contribution in [1.29, 1.82) is 0 Å². The first-order chi connectivity index (χ1) is 21.6. The van der Waals surface area contributed by atoms with Crippen LogP contribution in [0.5, 0.6) is 0 Å². The van der Waals surface area contributed by atoms with Gasteiger partial charge in [-0.3, -0.25) is 9.59 Å². The van der Waals surface area contributed by atoms with E-state index >= 15 is 0 Å². The van der Waals surface area contributed by atoms with E-state index in [0.29, 0.717) is 57.7 Å². The number of carbonyl (C=O) groups excluding carboxylic acids is 2. The molecule has 3 N–H and O–H groups in total. The first kappa shape index (κ1) is 32.9. The number of aryl methyl sites for hydroxylation is 1. The molecule has 248 valence electrons. The number of benzene rings is 2. The van der Waals surface area contributed by atoms with Crippen LogP contribution in [0, 0.1) is 17.8 Å². The molecule has 8 nitrogen and oxygen atoms in total. The standard InChI is InChI=1S/C33H38Cl2F3N5O3/c1-17-4-7-21(8-5-17)40-30(44)23-11-25-27(13-26(23)43-15-19-10-20(19)16-43)42(3)28(41-25)12-22-24(34)9-6-18(29(22)35)14-39-31(45)32(2,46)33(36,37)38/h6,9,11,13,17,19-21,46H,4-5,7-8,10,12,14-16H2,1-3H3,(H,39,45)(H,40,44)/t17?,19?,20?,21?,32-/m1/s1. The Labute approximate surface area is 275 Å². The third kappa shape index (κ3) is 6.30. The lowest BCUT2D eigenvalue weighted by molar-refractivity contribution is -0.245. The number of piperidine rings is 1. The average molecular weight is 681 g/mol. The molecule has 1 aliphatic heterocycles. The summed E-state index contributed by atoms with van der Waals surface area (Å²) in [6.07, 6.45) is 0.427. The molecule has 3 fully saturated rings. The van der Waals surface area contributed by atoms with Crippen LogP contribution in [0.4, 0.5) is 18.9 Å². The molecule has 6 rings (SSSR count). The van der Waals surface area contributed by atoms with Crippen LogP contribution in [0.3, 0.4) is 0 Å². The van der Waals surface area contributed by atoms with E-state index in [2.05, 4.69) is 22.5 Å². The number of nitrogens with zero attached hydrogens (tertiary/aromatic N) is 3. The van der Waals surface area contributed by atoms with Gasteiger partial charge in [0.2, 0.25) is 5.60 Å². The third-order valence-corrected chi connectivity index (χ3v) is 10.9. The van der Waals surface area contributed by atoms with Gasteiger partial charge in [-0.15, -0.1) is 0 Å². The first-order valence-electron chi connectivity index (χ1n) is 15.7. The van der Waals surface area contributed by atoms with Gasteiger partial charge in [-0.1, -0.05) is 36.2 Å². The van der Waals surface area contributed by atoms with Gasteiger partial charge in [0.25, 0.3) is 11.8 Å². The number of halogens is 5. The Hall–Kier alpha value is -3.02. The molecule has 0 spiro atoms. The van der Waals surface area contributed by atoms with Crippen molar-refractivity contribution < 1.29 is 27.9 Å². The molecule has 0 bridgehead atoms. The molecule has 2 aromatic carbocycles. The zero-order valence-corrected chi connectivity index (χ0v) is 27.5. The number of aromatic nitrogens is 2. The van der Waals surface area contributed by atoms with Crippen LogP contribution in [0.25, 0.3) is 11.0 Å². The second kappa shape index (κ2) is 12.2. The second-order valence-electron chi connectivity index (χ2n) is 13.5. The van der Waals surface area contributed by atoms with Crippen molar-refractivity contribution in [2.24, 2.45) is 24.8 Å². The Balaban J connectivity index is 1.28. The van der Waals surface area contributed by atoms with Crippen LogP contribution in [0.1, 0.15) is 73.3 Å². The van der Waals surface area contributed by atoms with Crippen LogP contribution < -0.4 is 15.5 Å². The fraction of sp³-hybridized carbons (Fsp3) is 0.545. The number of anilines is 1. The van der Waals surface area contributed by atoms with E-state index in [1.807, 2.05) is 23.7 Å². The van der Waals surface area contributed by atoms with E-state index < -0.39 is 17.7 Å². The Morgan fingerprint density at radius 2 is 1.76 bits per heavy atom. The van der Waals surface area contributed by atoms with Crippen molar-refractivity contribution in [3.05, 3.63) is 56.8 Å². The number of nitrogens with one attached hydrogen (secondary N) is 2. The van der Waals surface area contributed by atoms with Crippen LogP contribution in [0.2, 0.25) is 10.0 Å². The van der Waals surface area contributed by atoms with Crippen molar-refractivity contribution in [3.8, 4) is 0 Å². The number of aliphatic hydroxyl groups is 1. The minimum absolute atomic E-state index is 0.0884. The Morgan fingerprint density at radius 1 is 1.09 bits per heavy atom. The van der Waals surface area contributed by atoms with Gasteiger partial charge in [0.05, 0.1) is 27.3 Å². The summed E-state index contributed by atoms with van der Waals surface area (Å²) in [6.45, 7) is 4.15. The van der Waals surface area contributed by atoms with Gasteiger partial charge in [-0.2, -0.15) is 13.2 Å². The number of carbonyl (C=O) groups is 2. The predicted molar refractivity (Wildman–Crippen MR) is 171 cm³/mol. The normalized spacial score (nSPS) is 24.1. The van der Waals surface area contributed by atoms with E-state index in [4.69, 9.17) is 28.2 Å². The fourth-order valence-corrected chi connectivity index (χ4v) is 7.29. The third-order valence-electron chi connectivity index (χ3n) is 10.0. The summed E-state index contributed by atoms with van der Waals surface area (Å²) < 4.78 is 41.2. The van der Waals surface area contributed by atoms with Crippen LogP contribution in [-0.4, -0.2) is 57.4 Å². The number of alkyl halides is 3. The SMILES string of the molecule is CC1CCC(NC(=O)c2cc3nc(Cc4c(Cl)ccc(CNC(=O)[C@@](C)(O)C(F)(F)F)c4Cl)n(C)c3cc2N2CC3CC3C2)CC1. The number of rotatable bonds is 8. The highest BCUT2D eigenvalue weighted by molar-refractivity contribution is 6.36. The molecule has 2 unspecified atom stereocenters. The van der Waals surface area contributed by atoms with Crippen molar-refractivity contribution in [2.75, 3.05) is 18.0 Å². The number of imidazole rings is 1. The van der Waals surface area contributed by atoms with Gasteiger partial charge in [-0.25, -0.2) is 4.98 Å². The number of amides is 2. The number of fused-ring (bicyclic) bond motifs is 2. The molecule has 13 heteroatoms. The Bertz CT molecular complexity index is 1670. The topological polar surface area (TPSA) is 99.5 Å². The highest BCUT2D eigenvalue weighted by Crippen LogP contribution is 2.47. The lowest BCUT2D eigenvalue weighted by atomic mass is 9.87. The maximum absolute atomic E-state index is 13.7. The minimum atomic E-state index is -5.14. The molecule has 3 aromatic rings. The molecular weight excluding hydrogens is 642 g/mol. The molecule has 3 aliphatic rings. The summed E-state index contributed by atoms with van der Waals surface area (Å²) in [7, 11) is 1.88. The number of hydrogen-bond acceptors (Lipinski definition) is 5. The quantitative estimate of drug-likeness (QED) is 0.265. The average Bonchev–Trinajstić information content (AvgIpc) is 3.48. The van der Waals surface area contributed by atoms with E-state index in [1.54, 1.807) is 6.07 Å². The van der Waals surface area contributed by atoms with Crippen molar-refractivity contribution >= 4 is 51.7 Å². The molecule has 3 atom stereocenters. The van der Waals surface area contributed by atoms with E-state index in [-0.39, 0.29) is 29.9 Å². The monoisotopic (exact) mass is 679 g/mol. The van der Waals surface area contributed by atoms with Crippen LogP contribution >= 0.6 is 23.2 Å². The van der Waals surface area contributed by atoms with Gasteiger partial charge in [0.15, 0.2) is 0 Å². The molecule has 2 saturated carbocycles. The van der Waals surface area contributed by atoms with E-state index in [9.17, 15) is 27.9 Å². The lowest BCUT2D eigenvalue weighted by Gasteiger charge is -2.28. The van der Waals surface area contributed by atoms with Gasteiger partial charge in [-0.05, 0) is 86.1 Å². The Kier molecular flexibility index (Phi) is 8.73. The maximum atomic E-state index is 13.7. The lowest BCUT2D eigenvalue weighted by Crippen LogP contribution is -2.54. The first-order valence-corrected chi connectivity index (χ1v) is 16.5.